The van der Waals surface area contributed by atoms with Gasteiger partial charge in [0.05, 0.1) is 12.1 Å². The molecule has 1 N–H and O–H groups in total. The summed E-state index contributed by atoms with van der Waals surface area (Å²) < 4.78 is 0. The molecule has 4 heteroatoms. The molecule has 0 radical (unpaired) electrons. The fourth-order valence-corrected chi connectivity index (χ4v) is 1.51. The molecule has 0 heterocycles. The lowest BCUT2D eigenvalue weighted by Crippen LogP contribution is -2.35. The average molecular weight is 214 g/mol. The Morgan fingerprint density at radius 2 is 1.94 bits per heavy atom. The lowest BCUT2D eigenvalue weighted by molar-refractivity contribution is -0.141. The number of hydrogen-bond acceptors (Lipinski definition) is 3. The summed E-state index contributed by atoms with van der Waals surface area (Å²) in [5, 5.41) is 26.9. The first-order valence-electron chi connectivity index (χ1n) is 4.65. The van der Waals surface area contributed by atoms with Gasteiger partial charge in [-0.05, 0) is 12.5 Å². The molecular formula is C12H10N2O2. The van der Waals surface area contributed by atoms with Gasteiger partial charge in [-0.15, -0.1) is 0 Å². The van der Waals surface area contributed by atoms with Crippen LogP contribution in [0.1, 0.15) is 12.5 Å². The number of rotatable bonds is 3. The van der Waals surface area contributed by atoms with Gasteiger partial charge in [-0.2, -0.15) is 10.5 Å². The van der Waals surface area contributed by atoms with E-state index in [1.807, 2.05) is 6.07 Å². The molecule has 1 rings (SSSR count). The maximum Gasteiger partial charge on any atom is 0.322 e. The fraction of sp³-hybridized carbons (Fsp3) is 0.250. The average Bonchev–Trinajstić information content (AvgIpc) is 2.30. The van der Waals surface area contributed by atoms with E-state index in [0.717, 1.165) is 0 Å². The van der Waals surface area contributed by atoms with Crippen molar-refractivity contribution in [1.29, 1.82) is 10.5 Å². The summed E-state index contributed by atoms with van der Waals surface area (Å²) in [6.07, 6.45) is 0. The molecule has 80 valence electrons. The van der Waals surface area contributed by atoms with Crippen molar-refractivity contribution in [1.82, 2.24) is 0 Å². The Bertz CT molecular complexity index is 470. The number of hydrogen-bond donors (Lipinski definition) is 1. The van der Waals surface area contributed by atoms with E-state index in [-0.39, 0.29) is 0 Å². The van der Waals surface area contributed by atoms with Crippen LogP contribution in [0.15, 0.2) is 30.3 Å². The highest BCUT2D eigenvalue weighted by Crippen LogP contribution is 2.31. The lowest BCUT2D eigenvalue weighted by atomic mass is 9.73. The van der Waals surface area contributed by atoms with Crippen molar-refractivity contribution in [2.75, 3.05) is 0 Å². The van der Waals surface area contributed by atoms with Gasteiger partial charge in [-0.1, -0.05) is 30.3 Å². The monoisotopic (exact) mass is 214 g/mol. The van der Waals surface area contributed by atoms with E-state index in [1.54, 1.807) is 36.4 Å². The molecule has 2 atom stereocenters. The van der Waals surface area contributed by atoms with Crippen LogP contribution in [0, 0.1) is 28.6 Å². The molecule has 0 fully saturated rings. The van der Waals surface area contributed by atoms with Gasteiger partial charge in [0.2, 0.25) is 0 Å². The van der Waals surface area contributed by atoms with E-state index in [1.165, 1.54) is 6.92 Å². The van der Waals surface area contributed by atoms with Crippen molar-refractivity contribution < 1.29 is 9.90 Å². The summed E-state index contributed by atoms with van der Waals surface area (Å²) in [5.41, 5.74) is -0.798. The second-order valence-corrected chi connectivity index (χ2v) is 3.58. The molecule has 16 heavy (non-hydrogen) atoms. The molecule has 0 amide bonds. The highest BCUT2D eigenvalue weighted by molar-refractivity contribution is 5.76. The fourth-order valence-electron chi connectivity index (χ4n) is 1.51. The van der Waals surface area contributed by atoms with Crippen molar-refractivity contribution >= 4 is 5.97 Å². The first-order chi connectivity index (χ1) is 7.56. The van der Waals surface area contributed by atoms with Crippen molar-refractivity contribution in [2.24, 2.45) is 5.92 Å². The Balaban J connectivity index is 3.29. The Labute approximate surface area is 93.4 Å². The zero-order chi connectivity index (χ0) is 12.2. The molecule has 1 aromatic carbocycles. The highest BCUT2D eigenvalue weighted by Gasteiger charge is 2.41. The molecule has 0 aromatic heterocycles. The lowest BCUT2D eigenvalue weighted by Gasteiger charge is -2.24. The summed E-state index contributed by atoms with van der Waals surface area (Å²) in [4.78, 5) is 10.9. The summed E-state index contributed by atoms with van der Waals surface area (Å²) in [6, 6.07) is 12.1. The van der Waals surface area contributed by atoms with Gasteiger partial charge in [0.25, 0.3) is 0 Å². The van der Waals surface area contributed by atoms with Gasteiger partial charge in [0, 0.05) is 0 Å². The van der Waals surface area contributed by atoms with Crippen LogP contribution in [0.4, 0.5) is 0 Å². The number of nitrogens with zero attached hydrogens (tertiary/aromatic N) is 2. The number of aliphatic carboxylic acids is 1. The van der Waals surface area contributed by atoms with Crippen LogP contribution < -0.4 is 0 Å². The van der Waals surface area contributed by atoms with Crippen molar-refractivity contribution in [3.8, 4) is 12.1 Å². The standard InChI is InChI=1S/C12H10N2O2/c1-12(8-14,10(7-13)11(15)16)9-5-3-2-4-6-9/h2-6,10H,1H3,(H,15,16). The zero-order valence-electron chi connectivity index (χ0n) is 8.71. The van der Waals surface area contributed by atoms with Crippen LogP contribution in [0.25, 0.3) is 0 Å². The van der Waals surface area contributed by atoms with Gasteiger partial charge in [0.1, 0.15) is 5.41 Å². The Morgan fingerprint density at radius 1 is 1.38 bits per heavy atom. The van der Waals surface area contributed by atoms with Gasteiger partial charge in [-0.3, -0.25) is 4.79 Å². The SMILES string of the molecule is CC(C#N)(c1ccccc1)C(C#N)C(=O)O. The smallest absolute Gasteiger partial charge is 0.322 e. The van der Waals surface area contributed by atoms with E-state index >= 15 is 0 Å². The largest absolute Gasteiger partial charge is 0.480 e. The van der Waals surface area contributed by atoms with Gasteiger partial charge < -0.3 is 5.11 Å². The van der Waals surface area contributed by atoms with Crippen molar-refractivity contribution in [3.05, 3.63) is 35.9 Å². The third-order valence-corrected chi connectivity index (χ3v) is 2.56. The Morgan fingerprint density at radius 3 is 2.31 bits per heavy atom. The number of carboxylic acid groups (broad SMARTS) is 1. The van der Waals surface area contributed by atoms with Gasteiger partial charge >= 0.3 is 5.97 Å². The Kier molecular flexibility index (Phi) is 3.27. The molecule has 0 saturated heterocycles. The summed E-state index contributed by atoms with van der Waals surface area (Å²) >= 11 is 0. The molecule has 1 aromatic rings. The second-order valence-electron chi connectivity index (χ2n) is 3.58. The van der Waals surface area contributed by atoms with Crippen LogP contribution in [0.3, 0.4) is 0 Å². The molecule has 2 unspecified atom stereocenters. The predicted molar refractivity (Wildman–Crippen MR) is 56.1 cm³/mol. The number of nitriles is 2. The minimum atomic E-state index is -1.38. The van der Waals surface area contributed by atoms with Crippen LogP contribution in [-0.4, -0.2) is 11.1 Å². The maximum absolute atomic E-state index is 10.9. The van der Waals surface area contributed by atoms with E-state index in [4.69, 9.17) is 15.6 Å². The van der Waals surface area contributed by atoms with Crippen LogP contribution in [-0.2, 0) is 10.2 Å². The van der Waals surface area contributed by atoms with E-state index in [2.05, 4.69) is 0 Å². The van der Waals surface area contributed by atoms with Crippen molar-refractivity contribution in [3.63, 3.8) is 0 Å². The van der Waals surface area contributed by atoms with Crippen LogP contribution >= 0.6 is 0 Å². The molecule has 0 aliphatic carbocycles. The van der Waals surface area contributed by atoms with Gasteiger partial charge in [0.15, 0.2) is 5.92 Å². The quantitative estimate of drug-likeness (QED) is 0.829. The Hall–Kier alpha value is -2.33. The highest BCUT2D eigenvalue weighted by atomic mass is 16.4. The van der Waals surface area contributed by atoms with Crippen LogP contribution in [0.2, 0.25) is 0 Å². The normalized spacial score (nSPS) is 15.2. The molecule has 0 bridgehead atoms. The minimum Gasteiger partial charge on any atom is -0.480 e. The molecule has 4 nitrogen and oxygen atoms in total. The molecule has 0 aliphatic rings. The molecule has 0 spiro atoms. The predicted octanol–water partition coefficient (Wildman–Crippen LogP) is 1.69. The van der Waals surface area contributed by atoms with E-state index in [9.17, 15) is 4.79 Å². The maximum atomic E-state index is 10.9. The first kappa shape index (κ1) is 11.7. The molecular weight excluding hydrogens is 204 g/mol. The zero-order valence-corrected chi connectivity index (χ0v) is 8.71. The first-order valence-corrected chi connectivity index (χ1v) is 4.65. The van der Waals surface area contributed by atoms with E-state index < -0.39 is 17.3 Å². The van der Waals surface area contributed by atoms with Crippen molar-refractivity contribution in [2.45, 2.75) is 12.3 Å². The number of benzene rings is 1. The number of carbonyl (C=O) groups is 1. The molecule has 0 aliphatic heterocycles. The number of carboxylic acids is 1. The second kappa shape index (κ2) is 4.46. The third kappa shape index (κ3) is 1.87. The summed E-state index contributed by atoms with van der Waals surface area (Å²) in [6.45, 7) is 1.46. The topological polar surface area (TPSA) is 84.9 Å². The molecule has 0 saturated carbocycles. The van der Waals surface area contributed by atoms with Crippen LogP contribution in [0.5, 0.6) is 0 Å². The minimum absolute atomic E-state index is 0.534. The third-order valence-electron chi connectivity index (χ3n) is 2.56. The summed E-state index contributed by atoms with van der Waals surface area (Å²) in [5.74, 6) is -2.66. The van der Waals surface area contributed by atoms with E-state index in [0.29, 0.717) is 5.56 Å². The van der Waals surface area contributed by atoms with Gasteiger partial charge in [-0.25, -0.2) is 0 Å². The summed E-state index contributed by atoms with van der Waals surface area (Å²) in [7, 11) is 0.